The van der Waals surface area contributed by atoms with Gasteiger partial charge < -0.3 is 5.32 Å². The second-order valence-corrected chi connectivity index (χ2v) is 12.4. The summed E-state index contributed by atoms with van der Waals surface area (Å²) < 4.78 is 69.6. The molecule has 0 bridgehead atoms. The third kappa shape index (κ3) is 6.59. The van der Waals surface area contributed by atoms with Crippen molar-refractivity contribution in [3.63, 3.8) is 0 Å². The predicted molar refractivity (Wildman–Crippen MR) is 149 cm³/mol. The Bertz CT molecular complexity index is 1700. The van der Waals surface area contributed by atoms with Gasteiger partial charge in [-0.3, -0.25) is 9.10 Å². The smallest absolute Gasteiger partial charge is 0.303 e. The number of hydrogen-bond donors (Lipinski definition) is 2. The van der Waals surface area contributed by atoms with E-state index in [1.165, 1.54) is 81.1 Å². The molecule has 4 rings (SSSR count). The average Bonchev–Trinajstić information content (AvgIpc) is 2.93. The molecule has 40 heavy (non-hydrogen) atoms. The van der Waals surface area contributed by atoms with Crippen LogP contribution in [0.15, 0.2) is 96.2 Å². The molecule has 0 saturated heterocycles. The van der Waals surface area contributed by atoms with E-state index in [2.05, 4.69) is 20.0 Å². The first-order valence-electron chi connectivity index (χ1n) is 11.7. The maximum absolute atomic E-state index is 14.5. The monoisotopic (exact) mass is 584 g/mol. The van der Waals surface area contributed by atoms with Gasteiger partial charge in [0.2, 0.25) is 5.95 Å². The summed E-state index contributed by atoms with van der Waals surface area (Å²) in [5.41, 5.74) is 1.05. The van der Waals surface area contributed by atoms with E-state index in [0.29, 0.717) is 11.3 Å². The minimum Gasteiger partial charge on any atom is -0.322 e. The lowest BCUT2D eigenvalue weighted by molar-refractivity contribution is 0.102. The van der Waals surface area contributed by atoms with Gasteiger partial charge in [-0.1, -0.05) is 24.3 Å². The molecular formula is C26H25FN6O5S2. The summed E-state index contributed by atoms with van der Waals surface area (Å²) in [4.78, 5) is 20.4. The van der Waals surface area contributed by atoms with Crippen LogP contribution >= 0.6 is 0 Å². The summed E-state index contributed by atoms with van der Waals surface area (Å²) in [6.45, 7) is -0.165. The minimum absolute atomic E-state index is 0.0469. The molecule has 3 aromatic carbocycles. The fourth-order valence-electron chi connectivity index (χ4n) is 3.52. The van der Waals surface area contributed by atoms with Gasteiger partial charge in [0.25, 0.3) is 15.9 Å². The highest BCUT2D eigenvalue weighted by Gasteiger charge is 2.27. The van der Waals surface area contributed by atoms with Crippen LogP contribution in [0.4, 0.5) is 21.7 Å². The van der Waals surface area contributed by atoms with Crippen molar-refractivity contribution in [3.05, 3.63) is 108 Å². The number of carbonyl (C=O) groups excluding carboxylic acids is 1. The SMILES string of the molecule is CN(C)S(=O)(=O)N(Cc1ccc(C(=O)Nc2ccc(S(=O)(=O)Nc3ncccn3)cc2)cc1)c1ccccc1F. The van der Waals surface area contributed by atoms with Gasteiger partial charge in [-0.2, -0.15) is 12.7 Å². The van der Waals surface area contributed by atoms with Crippen LogP contribution in [0.2, 0.25) is 0 Å². The first kappa shape index (κ1) is 28.6. The molecule has 0 atom stereocenters. The number of anilines is 3. The second-order valence-electron chi connectivity index (χ2n) is 8.60. The molecule has 0 fully saturated rings. The van der Waals surface area contributed by atoms with E-state index >= 15 is 0 Å². The van der Waals surface area contributed by atoms with Crippen LogP contribution in [-0.2, 0) is 26.8 Å². The van der Waals surface area contributed by atoms with Gasteiger partial charge >= 0.3 is 10.2 Å². The zero-order chi connectivity index (χ0) is 28.9. The summed E-state index contributed by atoms with van der Waals surface area (Å²) in [6.07, 6.45) is 2.81. The normalized spacial score (nSPS) is 11.7. The number of rotatable bonds is 10. The minimum atomic E-state index is -4.02. The highest BCUT2D eigenvalue weighted by atomic mass is 32.2. The lowest BCUT2D eigenvalue weighted by atomic mass is 10.1. The Morgan fingerprint density at radius 3 is 2.08 bits per heavy atom. The highest BCUT2D eigenvalue weighted by Crippen LogP contribution is 2.25. The third-order valence-electron chi connectivity index (χ3n) is 5.62. The number of hydrogen-bond acceptors (Lipinski definition) is 7. The lowest BCUT2D eigenvalue weighted by Gasteiger charge is -2.27. The van der Waals surface area contributed by atoms with Gasteiger partial charge in [0, 0.05) is 37.7 Å². The van der Waals surface area contributed by atoms with Crippen LogP contribution < -0.4 is 14.3 Å². The Labute approximate surface area is 231 Å². The number of nitrogens with zero attached hydrogens (tertiary/aromatic N) is 4. The summed E-state index contributed by atoms with van der Waals surface area (Å²) in [5.74, 6) is -1.23. The highest BCUT2D eigenvalue weighted by molar-refractivity contribution is 7.92. The van der Waals surface area contributed by atoms with Gasteiger partial charge in [-0.05, 0) is 60.2 Å². The van der Waals surface area contributed by atoms with Gasteiger partial charge in [0.05, 0.1) is 17.1 Å². The molecule has 1 amide bonds. The van der Waals surface area contributed by atoms with E-state index in [9.17, 15) is 26.0 Å². The van der Waals surface area contributed by atoms with Gasteiger partial charge in [-0.15, -0.1) is 0 Å². The van der Waals surface area contributed by atoms with Crippen LogP contribution in [-0.4, -0.2) is 51.1 Å². The Hall–Kier alpha value is -4.40. The first-order chi connectivity index (χ1) is 19.0. The molecule has 0 aliphatic heterocycles. The number of benzene rings is 3. The Morgan fingerprint density at radius 1 is 0.850 bits per heavy atom. The maximum Gasteiger partial charge on any atom is 0.303 e. The van der Waals surface area contributed by atoms with Crippen molar-refractivity contribution < 1.29 is 26.0 Å². The molecule has 14 heteroatoms. The summed E-state index contributed by atoms with van der Waals surface area (Å²) in [7, 11) is -5.24. The largest absolute Gasteiger partial charge is 0.322 e. The first-order valence-corrected chi connectivity index (χ1v) is 14.6. The third-order valence-corrected chi connectivity index (χ3v) is 8.77. The lowest BCUT2D eigenvalue weighted by Crippen LogP contribution is -2.40. The van der Waals surface area contributed by atoms with Crippen molar-refractivity contribution in [1.82, 2.24) is 14.3 Å². The predicted octanol–water partition coefficient (Wildman–Crippen LogP) is 3.48. The van der Waals surface area contributed by atoms with E-state index in [4.69, 9.17) is 0 Å². The standard InChI is InChI=1S/C26H25FN6O5S2/c1-32(2)40(37,38)33(24-7-4-3-6-23(24)27)18-19-8-10-20(11-9-19)25(34)30-21-12-14-22(15-13-21)39(35,36)31-26-28-16-5-17-29-26/h3-17H,18H2,1-2H3,(H,30,34)(H,28,29,31). The molecule has 208 valence electrons. The van der Waals surface area contributed by atoms with Crippen LogP contribution in [0.1, 0.15) is 15.9 Å². The zero-order valence-electron chi connectivity index (χ0n) is 21.4. The molecule has 0 saturated carbocycles. The summed E-state index contributed by atoms with van der Waals surface area (Å²) >= 11 is 0. The van der Waals surface area contributed by atoms with E-state index in [0.717, 1.165) is 8.61 Å². The van der Waals surface area contributed by atoms with Crippen molar-refractivity contribution in [2.75, 3.05) is 28.4 Å². The number of para-hydroxylation sites is 1. The molecule has 2 N–H and O–H groups in total. The topological polar surface area (TPSA) is 142 Å². The van der Waals surface area contributed by atoms with Gasteiger partial charge in [0.15, 0.2) is 0 Å². The Kier molecular flexibility index (Phi) is 8.42. The molecule has 0 aliphatic rings. The maximum atomic E-state index is 14.5. The van der Waals surface area contributed by atoms with Gasteiger partial charge in [-0.25, -0.2) is 27.5 Å². The van der Waals surface area contributed by atoms with Crippen LogP contribution in [0, 0.1) is 5.82 Å². The number of aromatic nitrogens is 2. The Balaban J connectivity index is 1.45. The summed E-state index contributed by atoms with van der Waals surface area (Å²) in [5, 5.41) is 2.68. The number of amides is 1. The fraction of sp³-hybridized carbons (Fsp3) is 0.115. The van der Waals surface area contributed by atoms with Crippen molar-refractivity contribution in [2.24, 2.45) is 0 Å². The van der Waals surface area contributed by atoms with E-state index < -0.39 is 32.0 Å². The molecule has 0 aliphatic carbocycles. The molecule has 1 aromatic heterocycles. The Morgan fingerprint density at radius 2 is 1.48 bits per heavy atom. The second kappa shape index (κ2) is 11.8. The quantitative estimate of drug-likeness (QED) is 0.291. The molecule has 4 aromatic rings. The number of halogens is 1. The van der Waals surface area contributed by atoms with Crippen molar-refractivity contribution in [3.8, 4) is 0 Å². The summed E-state index contributed by atoms with van der Waals surface area (Å²) in [6, 6.07) is 18.8. The number of carbonyl (C=O) groups is 1. The van der Waals surface area contributed by atoms with Crippen molar-refractivity contribution in [2.45, 2.75) is 11.4 Å². The van der Waals surface area contributed by atoms with Crippen LogP contribution in [0.25, 0.3) is 0 Å². The molecule has 0 unspecified atom stereocenters. The van der Waals surface area contributed by atoms with Crippen LogP contribution in [0.5, 0.6) is 0 Å². The molecular weight excluding hydrogens is 559 g/mol. The average molecular weight is 585 g/mol. The van der Waals surface area contributed by atoms with E-state index in [1.807, 2.05) is 0 Å². The fourth-order valence-corrected chi connectivity index (χ4v) is 5.58. The molecule has 0 spiro atoms. The molecule has 1 heterocycles. The number of sulfonamides is 1. The molecule has 0 radical (unpaired) electrons. The van der Waals surface area contributed by atoms with Crippen molar-refractivity contribution >= 4 is 43.5 Å². The van der Waals surface area contributed by atoms with E-state index in [1.54, 1.807) is 24.3 Å². The number of nitrogens with one attached hydrogen (secondary N) is 2. The van der Waals surface area contributed by atoms with E-state index in [-0.39, 0.29) is 28.6 Å². The van der Waals surface area contributed by atoms with Crippen LogP contribution in [0.3, 0.4) is 0 Å². The van der Waals surface area contributed by atoms with Gasteiger partial charge in [0.1, 0.15) is 5.82 Å². The molecule has 11 nitrogen and oxygen atoms in total. The zero-order valence-corrected chi connectivity index (χ0v) is 23.0. The van der Waals surface area contributed by atoms with Crippen molar-refractivity contribution in [1.29, 1.82) is 0 Å².